The molecule has 1 unspecified atom stereocenters. The molecule has 0 spiro atoms. The molecule has 1 N–H and O–H groups in total. The molecule has 0 heterocycles. The van der Waals surface area contributed by atoms with Gasteiger partial charge >= 0.3 is 0 Å². The van der Waals surface area contributed by atoms with Crippen LogP contribution in [0.2, 0.25) is 0 Å². The van der Waals surface area contributed by atoms with Gasteiger partial charge in [0.25, 0.3) is 5.91 Å². The molecule has 1 saturated carbocycles. The highest BCUT2D eigenvalue weighted by Crippen LogP contribution is 2.41. The van der Waals surface area contributed by atoms with Crippen LogP contribution in [0, 0.1) is 24.2 Å². The molecule has 22 heavy (non-hydrogen) atoms. The van der Waals surface area contributed by atoms with Gasteiger partial charge in [0.1, 0.15) is 0 Å². The molecule has 2 aromatic carbocycles. The zero-order valence-electron chi connectivity index (χ0n) is 12.5. The topological polar surface area (TPSA) is 52.9 Å². The van der Waals surface area contributed by atoms with E-state index in [1.54, 1.807) is 24.3 Å². The molecule has 0 bridgehead atoms. The monoisotopic (exact) mass is 290 g/mol. The number of aryl methyl sites for hydroxylation is 1. The predicted octanol–water partition coefficient (Wildman–Crippen LogP) is 3.75. The van der Waals surface area contributed by atoms with Crippen molar-refractivity contribution in [3.8, 4) is 6.07 Å². The summed E-state index contributed by atoms with van der Waals surface area (Å²) in [5, 5.41) is 12.1. The Balaban J connectivity index is 1.80. The minimum absolute atomic E-state index is 0.0545. The van der Waals surface area contributed by atoms with Crippen LogP contribution >= 0.6 is 0 Å². The number of nitriles is 1. The van der Waals surface area contributed by atoms with E-state index in [-0.39, 0.29) is 11.9 Å². The van der Waals surface area contributed by atoms with Crippen LogP contribution in [0.15, 0.2) is 48.5 Å². The number of amides is 1. The summed E-state index contributed by atoms with van der Waals surface area (Å²) in [5.41, 5.74) is 3.41. The van der Waals surface area contributed by atoms with Gasteiger partial charge in [-0.15, -0.1) is 0 Å². The van der Waals surface area contributed by atoms with Gasteiger partial charge in [-0.3, -0.25) is 4.79 Å². The van der Waals surface area contributed by atoms with E-state index in [4.69, 9.17) is 5.26 Å². The van der Waals surface area contributed by atoms with Crippen molar-refractivity contribution in [2.24, 2.45) is 5.92 Å². The number of nitrogens with one attached hydrogen (secondary N) is 1. The van der Waals surface area contributed by atoms with Gasteiger partial charge in [0, 0.05) is 5.56 Å². The molecule has 3 nitrogen and oxygen atoms in total. The molecule has 3 heteroatoms. The lowest BCUT2D eigenvalue weighted by atomic mass is 10.0. The molecular weight excluding hydrogens is 272 g/mol. The Bertz CT molecular complexity index is 724. The smallest absolute Gasteiger partial charge is 0.251 e. The standard InChI is InChI=1S/C19H18N2O/c1-13-5-7-15(8-6-13)18(16-9-10-16)21-19(22)17-4-2-3-14(11-17)12-20/h2-8,11,16,18H,9-10H2,1H3,(H,21,22). The summed E-state index contributed by atoms with van der Waals surface area (Å²) in [6, 6.07) is 17.3. The molecule has 0 saturated heterocycles. The second kappa shape index (κ2) is 6.03. The third-order valence-electron chi connectivity index (χ3n) is 4.07. The molecule has 3 rings (SSSR count). The number of hydrogen-bond donors (Lipinski definition) is 1. The van der Waals surface area contributed by atoms with Gasteiger partial charge in [-0.2, -0.15) is 5.26 Å². The Labute approximate surface area is 130 Å². The van der Waals surface area contributed by atoms with Crippen LogP contribution in [0.3, 0.4) is 0 Å². The fourth-order valence-corrected chi connectivity index (χ4v) is 2.63. The Morgan fingerprint density at radius 3 is 2.59 bits per heavy atom. The summed E-state index contributed by atoms with van der Waals surface area (Å²) in [6.45, 7) is 2.06. The minimum atomic E-state index is -0.116. The van der Waals surface area contributed by atoms with E-state index in [1.165, 1.54) is 5.56 Å². The van der Waals surface area contributed by atoms with Crippen molar-refractivity contribution >= 4 is 5.91 Å². The number of nitrogens with zero attached hydrogens (tertiary/aromatic N) is 1. The second-order valence-electron chi connectivity index (χ2n) is 5.89. The van der Waals surface area contributed by atoms with E-state index in [9.17, 15) is 4.79 Å². The van der Waals surface area contributed by atoms with E-state index in [0.717, 1.165) is 18.4 Å². The van der Waals surface area contributed by atoms with Crippen LogP contribution in [0.4, 0.5) is 0 Å². The molecule has 1 aliphatic rings. The Kier molecular flexibility index (Phi) is 3.93. The SMILES string of the molecule is Cc1ccc(C(NC(=O)c2cccc(C#N)c2)C2CC2)cc1. The Morgan fingerprint density at radius 2 is 1.95 bits per heavy atom. The van der Waals surface area contributed by atoms with Gasteiger partial charge in [-0.05, 0) is 49.4 Å². The minimum Gasteiger partial charge on any atom is -0.345 e. The zero-order valence-corrected chi connectivity index (χ0v) is 12.5. The van der Waals surface area contributed by atoms with Gasteiger partial charge in [0.05, 0.1) is 17.7 Å². The van der Waals surface area contributed by atoms with E-state index in [0.29, 0.717) is 17.0 Å². The van der Waals surface area contributed by atoms with E-state index >= 15 is 0 Å². The normalized spacial score (nSPS) is 14.9. The number of benzene rings is 2. The highest BCUT2D eigenvalue weighted by molar-refractivity contribution is 5.94. The summed E-state index contributed by atoms with van der Waals surface area (Å²) < 4.78 is 0. The van der Waals surface area contributed by atoms with Crippen LogP contribution < -0.4 is 5.32 Å². The summed E-state index contributed by atoms with van der Waals surface area (Å²) in [6.07, 6.45) is 2.30. The zero-order chi connectivity index (χ0) is 15.5. The summed E-state index contributed by atoms with van der Waals surface area (Å²) >= 11 is 0. The lowest BCUT2D eigenvalue weighted by Crippen LogP contribution is -2.29. The van der Waals surface area contributed by atoms with Crippen molar-refractivity contribution in [3.63, 3.8) is 0 Å². The van der Waals surface area contributed by atoms with Gasteiger partial charge < -0.3 is 5.32 Å². The lowest BCUT2D eigenvalue weighted by Gasteiger charge is -2.19. The molecule has 0 aliphatic heterocycles. The maximum Gasteiger partial charge on any atom is 0.251 e. The fraction of sp³-hybridized carbons (Fsp3) is 0.263. The van der Waals surface area contributed by atoms with Crippen LogP contribution in [0.25, 0.3) is 0 Å². The van der Waals surface area contributed by atoms with Crippen LogP contribution in [-0.2, 0) is 0 Å². The third kappa shape index (κ3) is 3.17. The molecular formula is C19H18N2O. The quantitative estimate of drug-likeness (QED) is 0.932. The average Bonchev–Trinajstić information content (AvgIpc) is 3.38. The molecule has 110 valence electrons. The maximum absolute atomic E-state index is 12.5. The predicted molar refractivity (Wildman–Crippen MR) is 85.3 cm³/mol. The van der Waals surface area contributed by atoms with Crippen molar-refractivity contribution in [2.45, 2.75) is 25.8 Å². The highest BCUT2D eigenvalue weighted by atomic mass is 16.1. The van der Waals surface area contributed by atoms with Crippen LogP contribution in [0.1, 0.15) is 45.9 Å². The Hall–Kier alpha value is -2.60. The summed E-state index contributed by atoms with van der Waals surface area (Å²) in [4.78, 5) is 12.5. The van der Waals surface area contributed by atoms with Gasteiger partial charge in [0.15, 0.2) is 0 Å². The first-order valence-corrected chi connectivity index (χ1v) is 7.55. The van der Waals surface area contributed by atoms with Crippen molar-refractivity contribution in [1.82, 2.24) is 5.32 Å². The first-order valence-electron chi connectivity index (χ1n) is 7.55. The van der Waals surface area contributed by atoms with E-state index in [2.05, 4.69) is 42.6 Å². The number of carbonyl (C=O) groups excluding carboxylic acids is 1. The van der Waals surface area contributed by atoms with Gasteiger partial charge in [-0.25, -0.2) is 0 Å². The van der Waals surface area contributed by atoms with Crippen molar-refractivity contribution < 1.29 is 4.79 Å². The molecule has 1 fully saturated rings. The van der Waals surface area contributed by atoms with E-state index < -0.39 is 0 Å². The molecule has 1 amide bonds. The van der Waals surface area contributed by atoms with Gasteiger partial charge in [-0.1, -0.05) is 35.9 Å². The lowest BCUT2D eigenvalue weighted by molar-refractivity contribution is 0.0931. The van der Waals surface area contributed by atoms with Crippen LogP contribution in [0.5, 0.6) is 0 Å². The van der Waals surface area contributed by atoms with Crippen LogP contribution in [-0.4, -0.2) is 5.91 Å². The van der Waals surface area contributed by atoms with Crippen molar-refractivity contribution in [2.75, 3.05) is 0 Å². The highest BCUT2D eigenvalue weighted by Gasteiger charge is 2.33. The van der Waals surface area contributed by atoms with Crippen molar-refractivity contribution in [1.29, 1.82) is 5.26 Å². The molecule has 0 aromatic heterocycles. The number of carbonyl (C=O) groups is 1. The molecule has 2 aromatic rings. The number of hydrogen-bond acceptors (Lipinski definition) is 2. The number of rotatable bonds is 4. The first kappa shape index (κ1) is 14.3. The maximum atomic E-state index is 12.5. The summed E-state index contributed by atoms with van der Waals surface area (Å²) in [5.74, 6) is 0.403. The average molecular weight is 290 g/mol. The van der Waals surface area contributed by atoms with E-state index in [1.807, 2.05) is 0 Å². The second-order valence-corrected chi connectivity index (χ2v) is 5.89. The summed E-state index contributed by atoms with van der Waals surface area (Å²) in [7, 11) is 0. The molecule has 0 radical (unpaired) electrons. The largest absolute Gasteiger partial charge is 0.345 e. The third-order valence-corrected chi connectivity index (χ3v) is 4.07. The molecule has 1 atom stereocenters. The first-order chi connectivity index (χ1) is 10.7. The fourth-order valence-electron chi connectivity index (χ4n) is 2.63. The Morgan fingerprint density at radius 1 is 1.23 bits per heavy atom. The molecule has 1 aliphatic carbocycles. The van der Waals surface area contributed by atoms with Gasteiger partial charge in [0.2, 0.25) is 0 Å². The van der Waals surface area contributed by atoms with Crippen molar-refractivity contribution in [3.05, 3.63) is 70.8 Å².